The van der Waals surface area contributed by atoms with Gasteiger partial charge in [-0.2, -0.15) is 0 Å². The number of pyridine rings is 1. The molecule has 0 bridgehead atoms. The highest BCUT2D eigenvalue weighted by Gasteiger charge is 2.17. The summed E-state index contributed by atoms with van der Waals surface area (Å²) in [7, 11) is 0. The minimum absolute atomic E-state index is 0.0951. The lowest BCUT2D eigenvalue weighted by Crippen LogP contribution is -2.07. The topological polar surface area (TPSA) is 54.1 Å². The smallest absolute Gasteiger partial charge is 0.201 e. The van der Waals surface area contributed by atoms with E-state index in [0.29, 0.717) is 11.6 Å². The van der Waals surface area contributed by atoms with Crippen LogP contribution in [0.15, 0.2) is 45.5 Å². The number of ether oxygens (including phenoxy) is 1. The summed E-state index contributed by atoms with van der Waals surface area (Å²) in [6.07, 6.45) is 3.14. The summed E-state index contributed by atoms with van der Waals surface area (Å²) in [4.78, 5) is 14.8. The SMILES string of the molecule is C=C1CCOc2c(Br)cc(Cl)cc21.CCCCNc1cc(=O)c2sccc2[nH]1. The predicted octanol–water partition coefficient (Wildman–Crippen LogP) is 6.70. The quantitative estimate of drug-likeness (QED) is 0.408. The summed E-state index contributed by atoms with van der Waals surface area (Å²) in [5, 5.41) is 5.85. The van der Waals surface area contributed by atoms with Crippen LogP contribution in [-0.2, 0) is 0 Å². The molecular weight excluding hydrogens is 460 g/mol. The number of anilines is 1. The molecule has 0 atom stereocenters. The summed E-state index contributed by atoms with van der Waals surface area (Å²) in [6.45, 7) is 7.73. The van der Waals surface area contributed by atoms with Gasteiger partial charge in [0, 0.05) is 29.6 Å². The van der Waals surface area contributed by atoms with Crippen molar-refractivity contribution in [2.75, 3.05) is 18.5 Å². The second-order valence-corrected chi connectivity index (χ2v) is 8.66. The van der Waals surface area contributed by atoms with Gasteiger partial charge >= 0.3 is 0 Å². The molecule has 0 saturated heterocycles. The third-order valence-electron chi connectivity index (χ3n) is 4.32. The van der Waals surface area contributed by atoms with Gasteiger partial charge < -0.3 is 15.0 Å². The van der Waals surface area contributed by atoms with E-state index < -0.39 is 0 Å². The molecule has 0 aliphatic carbocycles. The molecule has 1 aliphatic rings. The number of benzene rings is 1. The molecule has 0 saturated carbocycles. The molecule has 3 aromatic rings. The number of nitrogens with one attached hydrogen (secondary N) is 2. The molecule has 0 amide bonds. The second-order valence-electron chi connectivity index (χ2n) is 6.46. The Hall–Kier alpha value is -1.76. The van der Waals surface area contributed by atoms with E-state index in [-0.39, 0.29) is 5.43 Å². The van der Waals surface area contributed by atoms with E-state index in [1.807, 2.05) is 23.6 Å². The van der Waals surface area contributed by atoms with Gasteiger partial charge in [-0.1, -0.05) is 31.5 Å². The Bertz CT molecular complexity index is 1040. The maximum atomic E-state index is 11.6. The van der Waals surface area contributed by atoms with Crippen molar-refractivity contribution in [1.82, 2.24) is 4.98 Å². The van der Waals surface area contributed by atoms with Crippen LogP contribution in [-0.4, -0.2) is 18.1 Å². The van der Waals surface area contributed by atoms with Crippen molar-refractivity contribution in [3.8, 4) is 5.75 Å². The zero-order chi connectivity index (χ0) is 20.1. The molecule has 28 heavy (non-hydrogen) atoms. The van der Waals surface area contributed by atoms with Crippen LogP contribution >= 0.6 is 38.9 Å². The van der Waals surface area contributed by atoms with Crippen molar-refractivity contribution in [3.63, 3.8) is 0 Å². The molecule has 2 aromatic heterocycles. The van der Waals surface area contributed by atoms with Crippen LogP contribution in [0.25, 0.3) is 15.8 Å². The molecule has 0 fully saturated rings. The largest absolute Gasteiger partial charge is 0.491 e. The summed E-state index contributed by atoms with van der Waals surface area (Å²) in [5.74, 6) is 1.68. The third kappa shape index (κ3) is 4.99. The van der Waals surface area contributed by atoms with E-state index in [4.69, 9.17) is 16.3 Å². The normalized spacial score (nSPS) is 12.8. The van der Waals surface area contributed by atoms with Gasteiger partial charge in [-0.05, 0) is 51.5 Å². The van der Waals surface area contributed by atoms with Crippen molar-refractivity contribution in [2.24, 2.45) is 0 Å². The lowest BCUT2D eigenvalue weighted by atomic mass is 10.0. The highest BCUT2D eigenvalue weighted by atomic mass is 79.9. The van der Waals surface area contributed by atoms with Gasteiger partial charge in [-0.15, -0.1) is 11.3 Å². The number of hydrogen-bond acceptors (Lipinski definition) is 4. The van der Waals surface area contributed by atoms with E-state index in [1.54, 1.807) is 6.07 Å². The second kappa shape index (κ2) is 9.63. The Morgan fingerprint density at radius 1 is 1.39 bits per heavy atom. The Balaban J connectivity index is 0.000000162. The summed E-state index contributed by atoms with van der Waals surface area (Å²) >= 11 is 10.8. The molecule has 4 nitrogen and oxygen atoms in total. The lowest BCUT2D eigenvalue weighted by molar-refractivity contribution is 0.314. The van der Waals surface area contributed by atoms with E-state index in [0.717, 1.165) is 63.2 Å². The zero-order valence-corrected chi connectivity index (χ0v) is 18.8. The zero-order valence-electron chi connectivity index (χ0n) is 15.6. The Kier molecular flexibility index (Phi) is 7.21. The minimum Gasteiger partial charge on any atom is -0.491 e. The minimum atomic E-state index is 0.0951. The van der Waals surface area contributed by atoms with Crippen molar-refractivity contribution in [3.05, 3.63) is 61.5 Å². The van der Waals surface area contributed by atoms with Crippen LogP contribution in [0, 0.1) is 0 Å². The molecule has 7 heteroatoms. The molecule has 0 unspecified atom stereocenters. The van der Waals surface area contributed by atoms with Crippen LogP contribution in [0.4, 0.5) is 5.82 Å². The van der Waals surface area contributed by atoms with Gasteiger partial charge in [-0.25, -0.2) is 0 Å². The number of halogens is 2. The fraction of sp³-hybridized carbons (Fsp3) is 0.286. The highest BCUT2D eigenvalue weighted by molar-refractivity contribution is 9.10. The van der Waals surface area contributed by atoms with Gasteiger partial charge in [0.05, 0.1) is 21.3 Å². The maximum Gasteiger partial charge on any atom is 0.201 e. The average Bonchev–Trinajstić information content (AvgIpc) is 3.13. The van der Waals surface area contributed by atoms with Crippen LogP contribution < -0.4 is 15.5 Å². The number of rotatable bonds is 4. The van der Waals surface area contributed by atoms with E-state index >= 15 is 0 Å². The first-order valence-corrected chi connectivity index (χ1v) is 11.2. The van der Waals surface area contributed by atoms with E-state index in [2.05, 4.69) is 39.7 Å². The van der Waals surface area contributed by atoms with Gasteiger partial charge in [0.25, 0.3) is 0 Å². The first-order chi connectivity index (χ1) is 13.5. The molecular formula is C21H22BrClN2O2S. The third-order valence-corrected chi connectivity index (χ3v) is 6.06. The molecule has 3 heterocycles. The predicted molar refractivity (Wildman–Crippen MR) is 124 cm³/mol. The maximum absolute atomic E-state index is 11.6. The monoisotopic (exact) mass is 480 g/mol. The van der Waals surface area contributed by atoms with Gasteiger partial charge in [-0.3, -0.25) is 4.79 Å². The number of fused-ring (bicyclic) bond motifs is 2. The van der Waals surface area contributed by atoms with Crippen molar-refractivity contribution >= 4 is 60.5 Å². The highest BCUT2D eigenvalue weighted by Crippen LogP contribution is 2.39. The van der Waals surface area contributed by atoms with Crippen LogP contribution in [0.2, 0.25) is 5.02 Å². The van der Waals surface area contributed by atoms with Crippen LogP contribution in [0.3, 0.4) is 0 Å². The molecule has 4 rings (SSSR count). The molecule has 0 spiro atoms. The first kappa shape index (κ1) is 21.0. The number of aromatic amines is 1. The number of H-pyrrole nitrogens is 1. The number of aromatic nitrogens is 1. The molecule has 2 N–H and O–H groups in total. The Morgan fingerprint density at radius 3 is 3.00 bits per heavy atom. The van der Waals surface area contributed by atoms with Gasteiger partial charge in [0.1, 0.15) is 11.6 Å². The standard InChI is InChI=1S/C11H14N2OS.C10H8BrClO/c1-2-3-5-12-10-7-9(14)11-8(13-10)4-6-15-11;1-6-2-3-13-10-8(6)4-7(12)5-9(10)11/h4,6-7H,2-3,5H2,1H3,(H2,12,13,14);4-5H,1-3H2. The number of unbranched alkanes of at least 4 members (excludes halogenated alkanes) is 1. The molecule has 1 aromatic carbocycles. The lowest BCUT2D eigenvalue weighted by Gasteiger charge is -2.20. The molecule has 1 aliphatic heterocycles. The van der Waals surface area contributed by atoms with Crippen LogP contribution in [0.5, 0.6) is 5.75 Å². The summed E-state index contributed by atoms with van der Waals surface area (Å²) in [5.41, 5.74) is 3.12. The summed E-state index contributed by atoms with van der Waals surface area (Å²) in [6, 6.07) is 7.29. The number of thiophene rings is 1. The van der Waals surface area contributed by atoms with Crippen molar-refractivity contribution in [1.29, 1.82) is 0 Å². The van der Waals surface area contributed by atoms with E-state index in [1.165, 1.54) is 11.3 Å². The van der Waals surface area contributed by atoms with E-state index in [9.17, 15) is 4.79 Å². The van der Waals surface area contributed by atoms with Crippen LogP contribution in [0.1, 0.15) is 31.7 Å². The Morgan fingerprint density at radius 2 is 2.21 bits per heavy atom. The fourth-order valence-electron chi connectivity index (χ4n) is 2.85. The first-order valence-electron chi connectivity index (χ1n) is 9.14. The van der Waals surface area contributed by atoms with Gasteiger partial charge in [0.2, 0.25) is 5.43 Å². The summed E-state index contributed by atoms with van der Waals surface area (Å²) < 4.78 is 7.21. The average molecular weight is 482 g/mol. The van der Waals surface area contributed by atoms with Crippen molar-refractivity contribution < 1.29 is 4.74 Å². The van der Waals surface area contributed by atoms with Gasteiger partial charge in [0.15, 0.2) is 0 Å². The Labute approximate surface area is 181 Å². The molecule has 0 radical (unpaired) electrons. The van der Waals surface area contributed by atoms with Crippen molar-refractivity contribution in [2.45, 2.75) is 26.2 Å². The molecule has 148 valence electrons. The fourth-order valence-corrected chi connectivity index (χ4v) is 4.54. The number of hydrogen-bond donors (Lipinski definition) is 2.